The Labute approximate surface area is 222 Å². The van der Waals surface area contributed by atoms with E-state index in [1.165, 1.54) is 48.5 Å². The van der Waals surface area contributed by atoms with E-state index in [1.54, 1.807) is 29.2 Å². The Morgan fingerprint density at radius 2 is 1.97 bits per heavy atom. The molecule has 0 bridgehead atoms. The number of anilines is 1. The minimum absolute atomic E-state index is 0.0526. The van der Waals surface area contributed by atoms with Crippen LogP contribution in [0.15, 0.2) is 61.2 Å². The molecule has 2 heterocycles. The first-order valence-electron chi connectivity index (χ1n) is 11.6. The number of hydrogen-bond donors (Lipinski definition) is 2. The molecular formula is C26H25ClF2N6O3. The van der Waals surface area contributed by atoms with Crippen molar-refractivity contribution in [1.29, 1.82) is 0 Å². The third-order valence-corrected chi connectivity index (χ3v) is 6.12. The molecule has 0 aliphatic rings. The molecule has 0 saturated heterocycles. The first-order valence-corrected chi connectivity index (χ1v) is 12.0. The Hall–Kier alpha value is -4.09. The Morgan fingerprint density at radius 3 is 2.71 bits per heavy atom. The summed E-state index contributed by atoms with van der Waals surface area (Å²) in [5, 5.41) is 5.04. The fourth-order valence-corrected chi connectivity index (χ4v) is 4.08. The van der Waals surface area contributed by atoms with Gasteiger partial charge >= 0.3 is 6.09 Å². The van der Waals surface area contributed by atoms with E-state index in [-0.39, 0.29) is 36.3 Å². The highest BCUT2D eigenvalue weighted by atomic mass is 35.5. The molecule has 2 aromatic heterocycles. The van der Waals surface area contributed by atoms with Crippen LogP contribution in [0, 0.1) is 11.6 Å². The molecule has 0 unspecified atom stereocenters. The van der Waals surface area contributed by atoms with Gasteiger partial charge in [-0.25, -0.2) is 29.0 Å². The highest BCUT2D eigenvalue weighted by Gasteiger charge is 2.25. The molecule has 0 aliphatic carbocycles. The van der Waals surface area contributed by atoms with Crippen molar-refractivity contribution in [2.24, 2.45) is 7.05 Å². The van der Waals surface area contributed by atoms with Gasteiger partial charge in [-0.2, -0.15) is 0 Å². The van der Waals surface area contributed by atoms with Crippen LogP contribution in [0.3, 0.4) is 0 Å². The van der Waals surface area contributed by atoms with Crippen LogP contribution in [-0.2, 0) is 29.5 Å². The summed E-state index contributed by atoms with van der Waals surface area (Å²) in [6.07, 6.45) is 4.35. The average molecular weight is 543 g/mol. The zero-order valence-electron chi connectivity index (χ0n) is 20.6. The molecule has 4 rings (SSSR count). The van der Waals surface area contributed by atoms with Crippen molar-refractivity contribution in [3.63, 3.8) is 0 Å². The van der Waals surface area contributed by atoms with Crippen molar-refractivity contribution in [2.45, 2.75) is 25.9 Å². The van der Waals surface area contributed by atoms with Crippen LogP contribution in [0.25, 0.3) is 10.8 Å². The zero-order chi connectivity index (χ0) is 27.2. The number of carbonyl (C=O) groups excluding carboxylic acids is 2. The predicted octanol–water partition coefficient (Wildman–Crippen LogP) is 4.61. The molecule has 0 spiro atoms. The molecule has 0 saturated carbocycles. The molecule has 2 N–H and O–H groups in total. The third kappa shape index (κ3) is 6.81. The number of fused-ring (bicyclic) bond motifs is 1. The Balaban J connectivity index is 1.47. The maximum absolute atomic E-state index is 13.9. The summed E-state index contributed by atoms with van der Waals surface area (Å²) >= 11 is 6.06. The summed E-state index contributed by atoms with van der Waals surface area (Å²) in [6, 6.07) is 9.49. The van der Waals surface area contributed by atoms with E-state index >= 15 is 0 Å². The summed E-state index contributed by atoms with van der Waals surface area (Å²) in [7, 11) is 1.81. The third-order valence-electron chi connectivity index (χ3n) is 5.70. The standard InChI is InChI=1S/C26H25ClF2N6O3/c1-16(36)35(32-12-18-4-3-5-23(29)25(18)27)22(10-21-13-34(2)15-31-21)14-38-26(37)33-24-9-19-8-20(28)7-6-17(19)11-30-24/h3-9,11,13,15,22,32H,10,12,14H2,1-2H3,(H,30,33,37)/t22-/m0/s1. The molecule has 0 fully saturated rings. The van der Waals surface area contributed by atoms with Gasteiger partial charge in [0.1, 0.15) is 24.1 Å². The van der Waals surface area contributed by atoms with E-state index in [9.17, 15) is 18.4 Å². The van der Waals surface area contributed by atoms with E-state index in [0.29, 0.717) is 22.0 Å². The van der Waals surface area contributed by atoms with Crippen molar-refractivity contribution in [1.82, 2.24) is 25.0 Å². The summed E-state index contributed by atoms with van der Waals surface area (Å²) in [6.45, 7) is 1.20. The molecule has 4 aromatic rings. The number of halogens is 3. The molecule has 2 amide bonds. The van der Waals surface area contributed by atoms with Gasteiger partial charge in [0.25, 0.3) is 0 Å². The number of hydrazine groups is 1. The maximum Gasteiger partial charge on any atom is 0.412 e. The maximum atomic E-state index is 13.9. The summed E-state index contributed by atoms with van der Waals surface area (Å²) in [5.74, 6) is -1.17. The quantitative estimate of drug-likeness (QED) is 0.299. The number of ether oxygens (including phenoxy) is 1. The number of aryl methyl sites for hydroxylation is 1. The second-order valence-corrected chi connectivity index (χ2v) is 8.99. The van der Waals surface area contributed by atoms with E-state index in [1.807, 2.05) is 7.05 Å². The monoisotopic (exact) mass is 542 g/mol. The van der Waals surface area contributed by atoms with Crippen LogP contribution in [0.5, 0.6) is 0 Å². The van der Waals surface area contributed by atoms with Crippen LogP contribution in [0.1, 0.15) is 18.2 Å². The van der Waals surface area contributed by atoms with E-state index < -0.39 is 23.8 Å². The predicted molar refractivity (Wildman–Crippen MR) is 138 cm³/mol. The number of amides is 2. The molecule has 12 heteroatoms. The van der Waals surface area contributed by atoms with Crippen molar-refractivity contribution >= 4 is 40.2 Å². The first-order chi connectivity index (χ1) is 18.2. The number of nitrogens with zero attached hydrogens (tertiary/aromatic N) is 4. The number of hydrogen-bond acceptors (Lipinski definition) is 6. The van der Waals surface area contributed by atoms with Gasteiger partial charge in [-0.1, -0.05) is 23.7 Å². The van der Waals surface area contributed by atoms with Gasteiger partial charge in [-0.15, -0.1) is 0 Å². The van der Waals surface area contributed by atoms with Crippen LogP contribution in [0.2, 0.25) is 5.02 Å². The number of nitrogens with one attached hydrogen (secondary N) is 2. The lowest BCUT2D eigenvalue weighted by Gasteiger charge is -2.31. The topological polar surface area (TPSA) is 101 Å². The van der Waals surface area contributed by atoms with Crippen LogP contribution < -0.4 is 10.7 Å². The van der Waals surface area contributed by atoms with Gasteiger partial charge in [0, 0.05) is 44.7 Å². The second-order valence-electron chi connectivity index (χ2n) is 8.61. The second kappa shape index (κ2) is 12.0. The first kappa shape index (κ1) is 27.0. The molecule has 9 nitrogen and oxygen atoms in total. The van der Waals surface area contributed by atoms with Gasteiger partial charge in [-0.3, -0.25) is 15.1 Å². The summed E-state index contributed by atoms with van der Waals surface area (Å²) in [5.41, 5.74) is 4.08. The highest BCUT2D eigenvalue weighted by molar-refractivity contribution is 6.31. The molecule has 0 aliphatic heterocycles. The molecule has 38 heavy (non-hydrogen) atoms. The van der Waals surface area contributed by atoms with Crippen LogP contribution in [0.4, 0.5) is 19.4 Å². The summed E-state index contributed by atoms with van der Waals surface area (Å²) < 4.78 is 34.6. The minimum atomic E-state index is -0.809. The van der Waals surface area contributed by atoms with E-state index in [0.717, 1.165) is 0 Å². The fraction of sp³-hybridized carbons (Fsp3) is 0.231. The van der Waals surface area contributed by atoms with Gasteiger partial charge in [0.05, 0.1) is 23.1 Å². The SMILES string of the molecule is CC(=O)N(NCc1cccc(F)c1Cl)[C@H](COC(=O)Nc1cc2cc(F)ccc2cn1)Cc1cn(C)cn1. The van der Waals surface area contributed by atoms with Crippen molar-refractivity contribution in [2.75, 3.05) is 11.9 Å². The van der Waals surface area contributed by atoms with Crippen molar-refractivity contribution < 1.29 is 23.1 Å². The molecule has 2 aromatic carbocycles. The smallest absolute Gasteiger partial charge is 0.412 e. The van der Waals surface area contributed by atoms with E-state index in [2.05, 4.69) is 20.7 Å². The average Bonchev–Trinajstić information content (AvgIpc) is 3.28. The van der Waals surface area contributed by atoms with Gasteiger partial charge in [-0.05, 0) is 41.3 Å². The Bertz CT molecular complexity index is 1460. The van der Waals surface area contributed by atoms with Crippen molar-refractivity contribution in [3.8, 4) is 0 Å². The minimum Gasteiger partial charge on any atom is -0.447 e. The number of aromatic nitrogens is 3. The lowest BCUT2D eigenvalue weighted by Crippen LogP contribution is -2.51. The van der Waals surface area contributed by atoms with Gasteiger partial charge < -0.3 is 9.30 Å². The molecular weight excluding hydrogens is 518 g/mol. The number of benzene rings is 2. The molecule has 198 valence electrons. The van der Waals surface area contributed by atoms with Crippen molar-refractivity contribution in [3.05, 3.63) is 89.1 Å². The molecule has 0 radical (unpaired) electrons. The normalized spacial score (nSPS) is 11.8. The highest BCUT2D eigenvalue weighted by Crippen LogP contribution is 2.20. The lowest BCUT2D eigenvalue weighted by molar-refractivity contribution is -0.136. The van der Waals surface area contributed by atoms with Gasteiger partial charge in [0.2, 0.25) is 5.91 Å². The summed E-state index contributed by atoms with van der Waals surface area (Å²) in [4.78, 5) is 33.6. The Kier molecular flexibility index (Phi) is 8.49. The Morgan fingerprint density at radius 1 is 1.16 bits per heavy atom. The number of carbonyl (C=O) groups is 2. The lowest BCUT2D eigenvalue weighted by atomic mass is 10.1. The van der Waals surface area contributed by atoms with Crippen LogP contribution >= 0.6 is 11.6 Å². The largest absolute Gasteiger partial charge is 0.447 e. The number of rotatable bonds is 9. The van der Waals surface area contributed by atoms with Crippen LogP contribution in [-0.4, -0.2) is 44.2 Å². The van der Waals surface area contributed by atoms with E-state index in [4.69, 9.17) is 16.3 Å². The number of pyridine rings is 1. The zero-order valence-corrected chi connectivity index (χ0v) is 21.4. The van der Waals surface area contributed by atoms with Gasteiger partial charge in [0.15, 0.2) is 0 Å². The molecule has 1 atom stereocenters. The fourth-order valence-electron chi connectivity index (χ4n) is 3.88. The number of imidazole rings is 1.